The molecule has 0 aliphatic rings. The first-order valence-electron chi connectivity index (χ1n) is 3.79. The van der Waals surface area contributed by atoms with Gasteiger partial charge in [-0.05, 0) is 13.0 Å². The molecule has 0 atom stereocenters. The van der Waals surface area contributed by atoms with Crippen LogP contribution in [0.25, 0.3) is 11.0 Å². The normalized spacial score (nSPS) is 10.6. The molecule has 0 unspecified atom stereocenters. The molecule has 2 rings (SSSR count). The molecule has 7 nitrogen and oxygen atoms in total. The summed E-state index contributed by atoms with van der Waals surface area (Å²) in [6.45, 7) is 1.54. The summed E-state index contributed by atoms with van der Waals surface area (Å²) in [6, 6.07) is 1.52. The van der Waals surface area contributed by atoms with Crippen LogP contribution in [0.3, 0.4) is 0 Å². The first-order valence-corrected chi connectivity index (χ1v) is 3.79. The van der Waals surface area contributed by atoms with Crippen LogP contribution in [0.5, 0.6) is 5.75 Å². The Morgan fingerprint density at radius 2 is 2.36 bits per heavy atom. The highest BCUT2D eigenvalue weighted by molar-refractivity contribution is 5.86. The van der Waals surface area contributed by atoms with Gasteiger partial charge < -0.3 is 5.11 Å². The molecule has 0 spiro atoms. The van der Waals surface area contributed by atoms with Gasteiger partial charge in [-0.1, -0.05) is 5.21 Å². The van der Waals surface area contributed by atoms with Gasteiger partial charge in [0.2, 0.25) is 5.75 Å². The zero-order chi connectivity index (χ0) is 10.3. The first-order chi connectivity index (χ1) is 6.61. The number of nitrogens with one attached hydrogen (secondary N) is 1. The van der Waals surface area contributed by atoms with Crippen LogP contribution in [0.1, 0.15) is 5.56 Å². The third-order valence-electron chi connectivity index (χ3n) is 1.94. The van der Waals surface area contributed by atoms with Gasteiger partial charge in [0.05, 0.1) is 10.4 Å². The minimum atomic E-state index is -0.640. The largest absolute Gasteiger partial charge is 0.500 e. The Bertz CT molecular complexity index is 519. The molecule has 1 heterocycles. The van der Waals surface area contributed by atoms with Crippen LogP contribution < -0.4 is 0 Å². The zero-order valence-corrected chi connectivity index (χ0v) is 7.18. The molecule has 7 heteroatoms. The van der Waals surface area contributed by atoms with Crippen LogP contribution in [0, 0.1) is 17.0 Å². The summed E-state index contributed by atoms with van der Waals surface area (Å²) in [7, 11) is 0. The maximum absolute atomic E-state index is 10.6. The second-order valence-corrected chi connectivity index (χ2v) is 2.86. The number of phenols is 1. The highest BCUT2D eigenvalue weighted by Gasteiger charge is 2.21. The molecule has 0 amide bonds. The number of phenolic OH excluding ortho intramolecular Hbond substituents is 1. The Hall–Kier alpha value is -2.18. The summed E-state index contributed by atoms with van der Waals surface area (Å²) in [5, 5.41) is 29.6. The number of hydrogen-bond donors (Lipinski definition) is 2. The minimum absolute atomic E-state index is 0.113. The topological polar surface area (TPSA) is 105 Å². The number of fused-ring (bicyclic) bond motifs is 1. The van der Waals surface area contributed by atoms with E-state index in [1.165, 1.54) is 13.0 Å². The van der Waals surface area contributed by atoms with E-state index in [0.717, 1.165) is 0 Å². The summed E-state index contributed by atoms with van der Waals surface area (Å²) in [5.41, 5.74) is 0.630. The maximum atomic E-state index is 10.6. The molecule has 0 aliphatic carbocycles. The van der Waals surface area contributed by atoms with Gasteiger partial charge >= 0.3 is 5.69 Å². The second-order valence-electron chi connectivity index (χ2n) is 2.86. The summed E-state index contributed by atoms with van der Waals surface area (Å²) in [5.74, 6) is -0.446. The van der Waals surface area contributed by atoms with Crippen molar-refractivity contribution in [3.05, 3.63) is 21.7 Å². The number of aryl methyl sites for hydroxylation is 1. The summed E-state index contributed by atoms with van der Waals surface area (Å²) in [4.78, 5) is 9.96. The van der Waals surface area contributed by atoms with Gasteiger partial charge in [-0.2, -0.15) is 0 Å². The van der Waals surface area contributed by atoms with Crippen molar-refractivity contribution >= 4 is 16.7 Å². The number of rotatable bonds is 1. The quantitative estimate of drug-likeness (QED) is 0.517. The maximum Gasteiger partial charge on any atom is 0.316 e. The average Bonchev–Trinajstić information content (AvgIpc) is 2.50. The van der Waals surface area contributed by atoms with Crippen LogP contribution in [-0.2, 0) is 0 Å². The smallest absolute Gasteiger partial charge is 0.316 e. The van der Waals surface area contributed by atoms with Crippen molar-refractivity contribution in [3.63, 3.8) is 0 Å². The fourth-order valence-corrected chi connectivity index (χ4v) is 1.33. The van der Waals surface area contributed by atoms with E-state index in [-0.39, 0.29) is 11.2 Å². The lowest BCUT2D eigenvalue weighted by atomic mass is 10.1. The molecule has 72 valence electrons. The van der Waals surface area contributed by atoms with E-state index in [9.17, 15) is 15.2 Å². The summed E-state index contributed by atoms with van der Waals surface area (Å²) < 4.78 is 0. The Labute approximate surface area is 77.5 Å². The first kappa shape index (κ1) is 8.42. The van der Waals surface area contributed by atoms with Crippen LogP contribution >= 0.6 is 0 Å². The molecule has 0 aliphatic heterocycles. The molecule has 0 radical (unpaired) electrons. The van der Waals surface area contributed by atoms with Crippen molar-refractivity contribution in [2.75, 3.05) is 0 Å². The Morgan fingerprint density at radius 1 is 1.64 bits per heavy atom. The average molecular weight is 194 g/mol. The van der Waals surface area contributed by atoms with Gasteiger partial charge in [-0.25, -0.2) is 0 Å². The predicted octanol–water partition coefficient (Wildman–Crippen LogP) is 0.880. The molecule has 0 saturated carbocycles. The number of hydrogen-bond acceptors (Lipinski definition) is 5. The highest BCUT2D eigenvalue weighted by atomic mass is 16.6. The van der Waals surface area contributed by atoms with E-state index in [0.29, 0.717) is 11.1 Å². The Balaban J connectivity index is 2.89. The highest BCUT2D eigenvalue weighted by Crippen LogP contribution is 2.34. The number of nitro benzene ring substituents is 1. The number of aromatic hydroxyl groups is 1. The fraction of sp³-hybridized carbons (Fsp3) is 0.143. The number of nitrogens with zero attached hydrogens (tertiary/aromatic N) is 3. The Morgan fingerprint density at radius 3 is 3.00 bits per heavy atom. The van der Waals surface area contributed by atoms with E-state index < -0.39 is 10.7 Å². The van der Waals surface area contributed by atoms with Crippen molar-refractivity contribution in [1.29, 1.82) is 0 Å². The standard InChI is InChI=1S/C7H6N4O3/c1-3-2-4-5(9-10-8-4)7(12)6(3)11(13)14/h2,12H,1H3,(H,8,9,10). The minimum Gasteiger partial charge on any atom is -0.500 e. The molecule has 0 fully saturated rings. The summed E-state index contributed by atoms with van der Waals surface area (Å²) >= 11 is 0. The van der Waals surface area contributed by atoms with Crippen molar-refractivity contribution in [3.8, 4) is 5.75 Å². The van der Waals surface area contributed by atoms with Gasteiger partial charge in [0.15, 0.2) is 5.52 Å². The van der Waals surface area contributed by atoms with Gasteiger partial charge in [0, 0.05) is 5.56 Å². The van der Waals surface area contributed by atoms with E-state index in [1.54, 1.807) is 0 Å². The lowest BCUT2D eigenvalue weighted by Crippen LogP contribution is -1.92. The fourth-order valence-electron chi connectivity index (χ4n) is 1.33. The molecular formula is C7H6N4O3. The third kappa shape index (κ3) is 0.987. The SMILES string of the molecule is Cc1cc2[nH]nnc2c(O)c1[N+](=O)[O-]. The van der Waals surface area contributed by atoms with Gasteiger partial charge in [-0.3, -0.25) is 15.2 Å². The Kier molecular flexibility index (Phi) is 1.60. The van der Waals surface area contributed by atoms with Crippen molar-refractivity contribution in [2.45, 2.75) is 6.92 Å². The van der Waals surface area contributed by atoms with Gasteiger partial charge in [-0.15, -0.1) is 5.10 Å². The van der Waals surface area contributed by atoms with Crippen LogP contribution in [0.4, 0.5) is 5.69 Å². The van der Waals surface area contributed by atoms with Crippen molar-refractivity contribution in [2.24, 2.45) is 0 Å². The molecule has 1 aromatic carbocycles. The molecule has 0 bridgehead atoms. The molecule has 14 heavy (non-hydrogen) atoms. The van der Waals surface area contributed by atoms with Crippen molar-refractivity contribution in [1.82, 2.24) is 15.4 Å². The molecule has 2 aromatic rings. The summed E-state index contributed by atoms with van der Waals surface area (Å²) in [6.07, 6.45) is 0. The van der Waals surface area contributed by atoms with E-state index >= 15 is 0 Å². The van der Waals surface area contributed by atoms with E-state index in [1.807, 2.05) is 0 Å². The molecule has 2 N–H and O–H groups in total. The number of aromatic nitrogens is 3. The van der Waals surface area contributed by atoms with Gasteiger partial charge in [0.25, 0.3) is 0 Å². The van der Waals surface area contributed by atoms with Gasteiger partial charge in [0.1, 0.15) is 0 Å². The molecular weight excluding hydrogens is 188 g/mol. The second kappa shape index (κ2) is 2.66. The number of aromatic amines is 1. The van der Waals surface area contributed by atoms with E-state index in [2.05, 4.69) is 15.4 Å². The van der Waals surface area contributed by atoms with Crippen LogP contribution in [0.2, 0.25) is 0 Å². The lowest BCUT2D eigenvalue weighted by Gasteiger charge is -1.99. The lowest BCUT2D eigenvalue weighted by molar-refractivity contribution is -0.386. The van der Waals surface area contributed by atoms with Crippen molar-refractivity contribution < 1.29 is 10.0 Å². The third-order valence-corrected chi connectivity index (χ3v) is 1.94. The van der Waals surface area contributed by atoms with Crippen LogP contribution in [-0.4, -0.2) is 25.4 Å². The molecule has 1 aromatic heterocycles. The van der Waals surface area contributed by atoms with Crippen LogP contribution in [0.15, 0.2) is 6.07 Å². The predicted molar refractivity (Wildman–Crippen MR) is 46.9 cm³/mol. The van der Waals surface area contributed by atoms with E-state index in [4.69, 9.17) is 0 Å². The number of benzene rings is 1. The number of nitro groups is 1. The zero-order valence-electron chi connectivity index (χ0n) is 7.18. The number of H-pyrrole nitrogens is 1. The molecule has 0 saturated heterocycles. The monoisotopic (exact) mass is 194 g/mol.